The average molecular weight is 284 g/mol. The van der Waals surface area contributed by atoms with Crippen LogP contribution < -0.4 is 5.73 Å². The van der Waals surface area contributed by atoms with Crippen molar-refractivity contribution in [2.45, 2.75) is 50.7 Å². The van der Waals surface area contributed by atoms with E-state index in [0.29, 0.717) is 38.5 Å². The third kappa shape index (κ3) is 3.51. The van der Waals surface area contributed by atoms with Crippen LogP contribution in [0.5, 0.6) is 0 Å². The Bertz CT molecular complexity index is 332. The van der Waals surface area contributed by atoms with Gasteiger partial charge in [-0.25, -0.2) is 0 Å². The molecule has 1 heterocycles. The molecule has 1 saturated heterocycles. The summed E-state index contributed by atoms with van der Waals surface area (Å²) >= 11 is 0. The Morgan fingerprint density at radius 1 is 1.40 bits per heavy atom. The summed E-state index contributed by atoms with van der Waals surface area (Å²) in [5, 5.41) is 10.5. The maximum absolute atomic E-state index is 12.6. The van der Waals surface area contributed by atoms with E-state index in [1.54, 1.807) is 11.9 Å². The number of hydrogen-bond donors (Lipinski definition) is 2. The standard InChI is InChI=1S/C15H28N2O3/c1-11-4-3-5-12(16)13(11)14(18)17(2)10-15(19)6-8-20-9-7-15/h11-13,19H,3-10,16H2,1-2H3. The molecule has 3 unspecified atom stereocenters. The molecule has 0 spiro atoms. The van der Waals surface area contributed by atoms with Crippen molar-refractivity contribution in [3.63, 3.8) is 0 Å². The maximum Gasteiger partial charge on any atom is 0.227 e. The Hall–Kier alpha value is -0.650. The van der Waals surface area contributed by atoms with E-state index >= 15 is 0 Å². The Balaban J connectivity index is 1.97. The van der Waals surface area contributed by atoms with Crippen LogP contribution in [0.1, 0.15) is 39.0 Å². The van der Waals surface area contributed by atoms with Crippen LogP contribution in [-0.4, -0.2) is 54.4 Å². The van der Waals surface area contributed by atoms with Crippen LogP contribution in [0.4, 0.5) is 0 Å². The Morgan fingerprint density at radius 3 is 2.65 bits per heavy atom. The Kier molecular flexibility index (Phi) is 5.04. The molecule has 1 amide bonds. The topological polar surface area (TPSA) is 75.8 Å². The summed E-state index contributed by atoms with van der Waals surface area (Å²) in [5.74, 6) is 0.319. The van der Waals surface area contributed by atoms with E-state index in [1.165, 1.54) is 0 Å². The maximum atomic E-state index is 12.6. The molecule has 116 valence electrons. The third-order valence-electron chi connectivity index (χ3n) is 4.89. The molecule has 2 rings (SSSR count). The molecule has 0 aromatic rings. The fourth-order valence-corrected chi connectivity index (χ4v) is 3.57. The number of nitrogens with zero attached hydrogens (tertiary/aromatic N) is 1. The van der Waals surface area contributed by atoms with Crippen molar-refractivity contribution in [2.24, 2.45) is 17.6 Å². The second kappa shape index (κ2) is 6.41. The van der Waals surface area contributed by atoms with Gasteiger partial charge in [0.1, 0.15) is 0 Å². The average Bonchev–Trinajstić information content (AvgIpc) is 2.38. The molecule has 20 heavy (non-hydrogen) atoms. The van der Waals surface area contributed by atoms with Crippen molar-refractivity contribution in [3.05, 3.63) is 0 Å². The second-order valence-corrected chi connectivity index (χ2v) is 6.63. The van der Waals surface area contributed by atoms with Gasteiger partial charge in [0.05, 0.1) is 11.5 Å². The lowest BCUT2D eigenvalue weighted by atomic mass is 9.76. The zero-order chi connectivity index (χ0) is 14.8. The molecular formula is C15H28N2O3. The summed E-state index contributed by atoms with van der Waals surface area (Å²) < 4.78 is 5.27. The number of carbonyl (C=O) groups is 1. The fourth-order valence-electron chi connectivity index (χ4n) is 3.57. The first kappa shape index (κ1) is 15.7. The van der Waals surface area contributed by atoms with Crippen molar-refractivity contribution in [2.75, 3.05) is 26.8 Å². The van der Waals surface area contributed by atoms with Crippen LogP contribution in [0.2, 0.25) is 0 Å². The third-order valence-corrected chi connectivity index (χ3v) is 4.89. The van der Waals surface area contributed by atoms with E-state index in [0.717, 1.165) is 19.3 Å². The van der Waals surface area contributed by atoms with Gasteiger partial charge in [-0.2, -0.15) is 0 Å². The predicted molar refractivity (Wildman–Crippen MR) is 77.1 cm³/mol. The molecular weight excluding hydrogens is 256 g/mol. The lowest BCUT2D eigenvalue weighted by Gasteiger charge is -2.39. The molecule has 2 fully saturated rings. The summed E-state index contributed by atoms with van der Waals surface area (Å²) in [6, 6.07) is -0.0435. The number of rotatable bonds is 3. The Morgan fingerprint density at radius 2 is 2.05 bits per heavy atom. The normalized spacial score (nSPS) is 33.7. The molecule has 0 aromatic heterocycles. The van der Waals surface area contributed by atoms with Crippen LogP contribution in [0.3, 0.4) is 0 Å². The van der Waals surface area contributed by atoms with Crippen molar-refractivity contribution >= 4 is 5.91 Å². The molecule has 3 N–H and O–H groups in total. The van der Waals surface area contributed by atoms with Crippen molar-refractivity contribution in [1.82, 2.24) is 4.90 Å². The fraction of sp³-hybridized carbons (Fsp3) is 0.933. The number of amides is 1. The smallest absolute Gasteiger partial charge is 0.227 e. The van der Waals surface area contributed by atoms with E-state index in [2.05, 4.69) is 6.92 Å². The van der Waals surface area contributed by atoms with Gasteiger partial charge in [0.2, 0.25) is 5.91 Å². The molecule has 1 aliphatic heterocycles. The largest absolute Gasteiger partial charge is 0.388 e. The summed E-state index contributed by atoms with van der Waals surface area (Å²) in [5.41, 5.74) is 5.34. The lowest BCUT2D eigenvalue weighted by molar-refractivity contribution is -0.144. The van der Waals surface area contributed by atoms with Gasteiger partial charge in [-0.1, -0.05) is 13.3 Å². The molecule has 2 aliphatic rings. The first-order valence-electron chi connectivity index (χ1n) is 7.74. The minimum Gasteiger partial charge on any atom is -0.388 e. The monoisotopic (exact) mass is 284 g/mol. The highest BCUT2D eigenvalue weighted by atomic mass is 16.5. The number of nitrogens with two attached hydrogens (primary N) is 1. The highest BCUT2D eigenvalue weighted by molar-refractivity contribution is 5.79. The van der Waals surface area contributed by atoms with Crippen LogP contribution >= 0.6 is 0 Å². The molecule has 1 aliphatic carbocycles. The van der Waals surface area contributed by atoms with Gasteiger partial charge in [0, 0.05) is 45.7 Å². The van der Waals surface area contributed by atoms with E-state index in [9.17, 15) is 9.90 Å². The molecule has 0 aromatic carbocycles. The van der Waals surface area contributed by atoms with Crippen molar-refractivity contribution in [3.8, 4) is 0 Å². The van der Waals surface area contributed by atoms with Crippen molar-refractivity contribution in [1.29, 1.82) is 0 Å². The van der Waals surface area contributed by atoms with E-state index in [4.69, 9.17) is 10.5 Å². The molecule has 5 heteroatoms. The van der Waals surface area contributed by atoms with E-state index < -0.39 is 5.60 Å². The predicted octanol–water partition coefficient (Wildman–Crippen LogP) is 0.750. The first-order valence-corrected chi connectivity index (χ1v) is 7.74. The second-order valence-electron chi connectivity index (χ2n) is 6.63. The van der Waals surface area contributed by atoms with Gasteiger partial charge in [-0.05, 0) is 18.8 Å². The molecule has 0 bridgehead atoms. The zero-order valence-electron chi connectivity index (χ0n) is 12.7. The summed E-state index contributed by atoms with van der Waals surface area (Å²) in [7, 11) is 1.78. The Labute approximate surface area is 121 Å². The number of likely N-dealkylation sites (N-methyl/N-ethyl adjacent to an activating group) is 1. The minimum atomic E-state index is -0.801. The van der Waals surface area contributed by atoms with Crippen molar-refractivity contribution < 1.29 is 14.6 Å². The quantitative estimate of drug-likeness (QED) is 0.802. The van der Waals surface area contributed by atoms with E-state index in [1.807, 2.05) is 0 Å². The highest BCUT2D eigenvalue weighted by Gasteiger charge is 2.38. The van der Waals surface area contributed by atoms with Gasteiger partial charge >= 0.3 is 0 Å². The zero-order valence-corrected chi connectivity index (χ0v) is 12.7. The summed E-state index contributed by atoms with van der Waals surface area (Å²) in [4.78, 5) is 14.3. The number of carbonyl (C=O) groups excluding carboxylic acids is 1. The molecule has 1 saturated carbocycles. The van der Waals surface area contributed by atoms with Gasteiger partial charge in [-0.15, -0.1) is 0 Å². The number of ether oxygens (including phenoxy) is 1. The van der Waals surface area contributed by atoms with Gasteiger partial charge in [0.25, 0.3) is 0 Å². The summed E-state index contributed by atoms with van der Waals surface area (Å²) in [6.45, 7) is 3.62. The molecule has 3 atom stereocenters. The summed E-state index contributed by atoms with van der Waals surface area (Å²) in [6.07, 6.45) is 4.29. The minimum absolute atomic E-state index is 0.0435. The SMILES string of the molecule is CC1CCCC(N)C1C(=O)N(C)CC1(O)CCOCC1. The highest BCUT2D eigenvalue weighted by Crippen LogP contribution is 2.31. The van der Waals surface area contributed by atoms with Crippen LogP contribution in [-0.2, 0) is 9.53 Å². The first-order chi connectivity index (χ1) is 9.43. The molecule has 5 nitrogen and oxygen atoms in total. The van der Waals surface area contributed by atoms with Gasteiger partial charge < -0.3 is 20.5 Å². The number of hydrogen-bond acceptors (Lipinski definition) is 4. The van der Waals surface area contributed by atoms with Crippen LogP contribution in [0.25, 0.3) is 0 Å². The van der Waals surface area contributed by atoms with Gasteiger partial charge in [-0.3, -0.25) is 4.79 Å². The van der Waals surface area contributed by atoms with Gasteiger partial charge in [0.15, 0.2) is 0 Å². The lowest BCUT2D eigenvalue weighted by Crippen LogP contribution is -2.52. The molecule has 0 radical (unpaired) electrons. The van der Waals surface area contributed by atoms with Crippen LogP contribution in [0.15, 0.2) is 0 Å². The number of aliphatic hydroxyl groups is 1. The van der Waals surface area contributed by atoms with Crippen LogP contribution in [0, 0.1) is 11.8 Å². The van der Waals surface area contributed by atoms with E-state index in [-0.39, 0.29) is 17.9 Å².